The Morgan fingerprint density at radius 3 is 2.80 bits per heavy atom. The summed E-state index contributed by atoms with van der Waals surface area (Å²) in [4.78, 5) is 11.9. The molecule has 0 aromatic carbocycles. The smallest absolute Gasteiger partial charge is 0.294 e. The van der Waals surface area contributed by atoms with E-state index in [1.165, 1.54) is 0 Å². The second-order valence-electron chi connectivity index (χ2n) is 2.26. The van der Waals surface area contributed by atoms with Crippen molar-refractivity contribution >= 4 is 6.47 Å². The third-order valence-corrected chi connectivity index (χ3v) is 1.53. The number of nitrogens with zero attached hydrogens (tertiary/aromatic N) is 1. The molecule has 0 atom stereocenters. The molecule has 0 spiro atoms. The van der Waals surface area contributed by atoms with E-state index in [1.54, 1.807) is 0 Å². The standard InChI is InChI=1S/C6H12N2O2/c9-6-10-5-8-3-1-7-2-4-8/h6-7H,1-5H2. The molecule has 1 heterocycles. The first-order valence-electron chi connectivity index (χ1n) is 3.42. The van der Waals surface area contributed by atoms with Gasteiger partial charge < -0.3 is 10.1 Å². The maximum Gasteiger partial charge on any atom is 0.294 e. The minimum Gasteiger partial charge on any atom is -0.452 e. The molecule has 1 N–H and O–H groups in total. The zero-order chi connectivity index (χ0) is 7.23. The van der Waals surface area contributed by atoms with Crippen molar-refractivity contribution in [1.82, 2.24) is 10.2 Å². The lowest BCUT2D eigenvalue weighted by Gasteiger charge is -2.25. The van der Waals surface area contributed by atoms with Gasteiger partial charge in [-0.05, 0) is 0 Å². The molecule has 0 saturated carbocycles. The van der Waals surface area contributed by atoms with Crippen LogP contribution in [0.1, 0.15) is 0 Å². The lowest BCUT2D eigenvalue weighted by atomic mass is 10.4. The Bertz CT molecular complexity index is 102. The fourth-order valence-corrected chi connectivity index (χ4v) is 0.976. The minimum absolute atomic E-state index is 0.436. The van der Waals surface area contributed by atoms with Crippen LogP contribution in [0, 0.1) is 0 Å². The molecule has 0 aromatic heterocycles. The molecule has 0 aliphatic carbocycles. The van der Waals surface area contributed by atoms with E-state index in [-0.39, 0.29) is 0 Å². The van der Waals surface area contributed by atoms with Crippen LogP contribution < -0.4 is 5.32 Å². The molecule has 58 valence electrons. The van der Waals surface area contributed by atoms with Crippen LogP contribution in [0.25, 0.3) is 0 Å². The quantitative estimate of drug-likeness (QED) is 0.517. The van der Waals surface area contributed by atoms with Crippen LogP contribution in [0.3, 0.4) is 0 Å². The van der Waals surface area contributed by atoms with E-state index in [0.717, 1.165) is 26.2 Å². The summed E-state index contributed by atoms with van der Waals surface area (Å²) >= 11 is 0. The molecule has 4 nitrogen and oxygen atoms in total. The van der Waals surface area contributed by atoms with E-state index in [4.69, 9.17) is 0 Å². The summed E-state index contributed by atoms with van der Waals surface area (Å²) in [5, 5.41) is 3.21. The van der Waals surface area contributed by atoms with Gasteiger partial charge in [-0.15, -0.1) is 0 Å². The molecular weight excluding hydrogens is 132 g/mol. The van der Waals surface area contributed by atoms with Gasteiger partial charge in [-0.1, -0.05) is 0 Å². The van der Waals surface area contributed by atoms with Crippen LogP contribution in [-0.4, -0.2) is 44.3 Å². The van der Waals surface area contributed by atoms with Crippen molar-refractivity contribution in [1.29, 1.82) is 0 Å². The number of rotatable bonds is 3. The molecule has 4 heteroatoms. The molecule has 1 rings (SSSR count). The Kier molecular flexibility index (Phi) is 3.18. The fourth-order valence-electron chi connectivity index (χ4n) is 0.976. The predicted molar refractivity (Wildman–Crippen MR) is 36.5 cm³/mol. The Morgan fingerprint density at radius 2 is 2.20 bits per heavy atom. The molecule has 1 aliphatic rings. The Morgan fingerprint density at radius 1 is 1.50 bits per heavy atom. The second kappa shape index (κ2) is 4.24. The number of carbonyl (C=O) groups excluding carboxylic acids is 1. The lowest BCUT2D eigenvalue weighted by molar-refractivity contribution is -0.133. The molecule has 0 bridgehead atoms. The van der Waals surface area contributed by atoms with Gasteiger partial charge in [0.1, 0.15) is 6.73 Å². The SMILES string of the molecule is O=COCN1CCNCC1. The first-order valence-corrected chi connectivity index (χ1v) is 3.42. The largest absolute Gasteiger partial charge is 0.452 e. The molecule has 0 unspecified atom stereocenters. The van der Waals surface area contributed by atoms with Gasteiger partial charge in [0.25, 0.3) is 6.47 Å². The third kappa shape index (κ3) is 2.33. The van der Waals surface area contributed by atoms with Crippen LogP contribution in [0.4, 0.5) is 0 Å². The summed E-state index contributed by atoms with van der Waals surface area (Å²) in [5.41, 5.74) is 0. The number of carbonyl (C=O) groups is 1. The minimum atomic E-state index is 0.436. The number of piperazine rings is 1. The monoisotopic (exact) mass is 144 g/mol. The van der Waals surface area contributed by atoms with E-state index in [9.17, 15) is 4.79 Å². The van der Waals surface area contributed by atoms with Gasteiger partial charge in [0.05, 0.1) is 0 Å². The number of hydrogen-bond donors (Lipinski definition) is 1. The van der Waals surface area contributed by atoms with Gasteiger partial charge in [-0.2, -0.15) is 0 Å². The summed E-state index contributed by atoms with van der Waals surface area (Å²) in [6, 6.07) is 0. The van der Waals surface area contributed by atoms with Gasteiger partial charge in [0, 0.05) is 26.2 Å². The third-order valence-electron chi connectivity index (χ3n) is 1.53. The highest BCUT2D eigenvalue weighted by molar-refractivity contribution is 5.36. The summed E-state index contributed by atoms with van der Waals surface area (Å²) in [5.74, 6) is 0. The van der Waals surface area contributed by atoms with Crippen molar-refractivity contribution in [2.75, 3.05) is 32.9 Å². The van der Waals surface area contributed by atoms with Crippen molar-refractivity contribution in [3.05, 3.63) is 0 Å². The van der Waals surface area contributed by atoms with Crippen LogP contribution in [0.2, 0.25) is 0 Å². The Hall–Kier alpha value is -0.610. The van der Waals surface area contributed by atoms with Crippen LogP contribution in [0.5, 0.6) is 0 Å². The highest BCUT2D eigenvalue weighted by Crippen LogP contribution is 1.90. The van der Waals surface area contributed by atoms with Crippen molar-refractivity contribution < 1.29 is 9.53 Å². The summed E-state index contributed by atoms with van der Waals surface area (Å²) < 4.78 is 4.59. The van der Waals surface area contributed by atoms with Gasteiger partial charge in [-0.25, -0.2) is 0 Å². The molecule has 10 heavy (non-hydrogen) atoms. The van der Waals surface area contributed by atoms with Crippen molar-refractivity contribution in [2.24, 2.45) is 0 Å². The van der Waals surface area contributed by atoms with Crippen LogP contribution in [-0.2, 0) is 9.53 Å². The van der Waals surface area contributed by atoms with Crippen molar-refractivity contribution in [2.45, 2.75) is 0 Å². The van der Waals surface area contributed by atoms with E-state index >= 15 is 0 Å². The van der Waals surface area contributed by atoms with Gasteiger partial charge in [-0.3, -0.25) is 9.69 Å². The lowest BCUT2D eigenvalue weighted by Crippen LogP contribution is -2.44. The normalized spacial score (nSPS) is 20.4. The summed E-state index contributed by atoms with van der Waals surface area (Å²) in [7, 11) is 0. The van der Waals surface area contributed by atoms with E-state index in [0.29, 0.717) is 13.2 Å². The van der Waals surface area contributed by atoms with E-state index in [2.05, 4.69) is 15.0 Å². The predicted octanol–water partition coefficient (Wildman–Crippen LogP) is -0.978. The maximum atomic E-state index is 9.78. The van der Waals surface area contributed by atoms with Crippen LogP contribution >= 0.6 is 0 Å². The maximum absolute atomic E-state index is 9.78. The molecule has 1 aliphatic heterocycles. The molecule has 0 aromatic rings. The van der Waals surface area contributed by atoms with Gasteiger partial charge in [0.15, 0.2) is 0 Å². The van der Waals surface area contributed by atoms with Gasteiger partial charge >= 0.3 is 0 Å². The molecule has 1 saturated heterocycles. The van der Waals surface area contributed by atoms with Gasteiger partial charge in [0.2, 0.25) is 0 Å². The highest BCUT2D eigenvalue weighted by atomic mass is 16.5. The number of ether oxygens (including phenoxy) is 1. The average molecular weight is 144 g/mol. The first-order chi connectivity index (χ1) is 4.93. The topological polar surface area (TPSA) is 41.6 Å². The highest BCUT2D eigenvalue weighted by Gasteiger charge is 2.07. The molecule has 0 amide bonds. The van der Waals surface area contributed by atoms with E-state index in [1.807, 2.05) is 0 Å². The fraction of sp³-hybridized carbons (Fsp3) is 0.833. The summed E-state index contributed by atoms with van der Waals surface area (Å²) in [6.07, 6.45) is 0. The Balaban J connectivity index is 2.07. The molecule has 0 radical (unpaired) electrons. The zero-order valence-corrected chi connectivity index (χ0v) is 5.88. The average Bonchev–Trinajstić information content (AvgIpc) is 2.03. The summed E-state index contributed by atoms with van der Waals surface area (Å²) in [6.45, 7) is 4.83. The van der Waals surface area contributed by atoms with E-state index < -0.39 is 0 Å². The van der Waals surface area contributed by atoms with Crippen molar-refractivity contribution in [3.8, 4) is 0 Å². The number of hydrogen-bond acceptors (Lipinski definition) is 4. The molecule has 1 fully saturated rings. The molecular formula is C6H12N2O2. The number of nitrogens with one attached hydrogen (secondary N) is 1. The Labute approximate surface area is 60.1 Å². The zero-order valence-electron chi connectivity index (χ0n) is 5.88. The van der Waals surface area contributed by atoms with Crippen LogP contribution in [0.15, 0.2) is 0 Å². The second-order valence-corrected chi connectivity index (χ2v) is 2.26. The first kappa shape index (κ1) is 7.50. The van der Waals surface area contributed by atoms with Crippen molar-refractivity contribution in [3.63, 3.8) is 0 Å².